The molecule has 0 radical (unpaired) electrons. The van der Waals surface area contributed by atoms with Crippen LogP contribution in [0.25, 0.3) is 66.8 Å². The van der Waals surface area contributed by atoms with Gasteiger partial charge in [0.2, 0.25) is 0 Å². The molecule has 0 aliphatic heterocycles. The molecule has 0 heterocycles. The van der Waals surface area contributed by atoms with Crippen molar-refractivity contribution >= 4 is 17.1 Å². The van der Waals surface area contributed by atoms with Gasteiger partial charge in [-0.05, 0) is 154 Å². The molecule has 15 rings (SSSR count). The van der Waals surface area contributed by atoms with Gasteiger partial charge in [-0.25, -0.2) is 0 Å². The summed E-state index contributed by atoms with van der Waals surface area (Å²) in [6, 6.07) is 111. The van der Waals surface area contributed by atoms with E-state index >= 15 is 0 Å². The molecule has 0 fully saturated rings. The molecule has 0 aromatic heterocycles. The third-order valence-electron chi connectivity index (χ3n) is 16.6. The molecule has 0 saturated carbocycles. The average molecular weight is 952 g/mol. The van der Waals surface area contributed by atoms with Gasteiger partial charge in [0.15, 0.2) is 0 Å². The Morgan fingerprint density at radius 3 is 1.00 bits per heavy atom. The second-order valence-corrected chi connectivity index (χ2v) is 20.2. The van der Waals surface area contributed by atoms with E-state index in [2.05, 4.69) is 302 Å². The van der Waals surface area contributed by atoms with Crippen molar-refractivity contribution in [2.45, 2.75) is 10.8 Å². The van der Waals surface area contributed by atoms with Crippen LogP contribution < -0.4 is 4.90 Å². The summed E-state index contributed by atoms with van der Waals surface area (Å²) in [5, 5.41) is 0. The minimum absolute atomic E-state index is 0.546. The molecule has 0 saturated heterocycles. The molecule has 3 aliphatic carbocycles. The molecule has 12 aromatic rings. The number of anilines is 3. The number of rotatable bonds is 7. The van der Waals surface area contributed by atoms with Gasteiger partial charge in [-0.2, -0.15) is 0 Å². The van der Waals surface area contributed by atoms with Crippen LogP contribution in [0.5, 0.6) is 0 Å². The molecule has 1 atom stereocenters. The van der Waals surface area contributed by atoms with Gasteiger partial charge in [0, 0.05) is 17.1 Å². The van der Waals surface area contributed by atoms with Crippen LogP contribution in [-0.2, 0) is 10.8 Å². The Morgan fingerprint density at radius 1 is 0.187 bits per heavy atom. The van der Waals surface area contributed by atoms with E-state index in [-0.39, 0.29) is 0 Å². The maximum absolute atomic E-state index is 2.54. The summed E-state index contributed by atoms with van der Waals surface area (Å²) >= 11 is 0. The van der Waals surface area contributed by atoms with Crippen molar-refractivity contribution in [3.63, 3.8) is 0 Å². The van der Waals surface area contributed by atoms with Crippen molar-refractivity contribution in [2.75, 3.05) is 4.90 Å². The first kappa shape index (κ1) is 43.1. The fourth-order valence-corrected chi connectivity index (χ4v) is 13.5. The maximum atomic E-state index is 2.54. The first-order valence-electron chi connectivity index (χ1n) is 26.2. The van der Waals surface area contributed by atoms with E-state index in [0.717, 1.165) is 17.1 Å². The van der Waals surface area contributed by atoms with Gasteiger partial charge >= 0.3 is 0 Å². The van der Waals surface area contributed by atoms with Crippen molar-refractivity contribution in [3.8, 4) is 66.8 Å². The van der Waals surface area contributed by atoms with E-state index in [1.807, 2.05) is 0 Å². The van der Waals surface area contributed by atoms with Crippen molar-refractivity contribution in [1.29, 1.82) is 0 Å². The van der Waals surface area contributed by atoms with Gasteiger partial charge in [-0.1, -0.05) is 255 Å². The molecule has 12 aromatic carbocycles. The fourth-order valence-electron chi connectivity index (χ4n) is 13.5. The van der Waals surface area contributed by atoms with E-state index in [1.54, 1.807) is 0 Å². The van der Waals surface area contributed by atoms with Crippen LogP contribution in [0.1, 0.15) is 44.5 Å². The monoisotopic (exact) mass is 951 g/mol. The molecule has 75 heavy (non-hydrogen) atoms. The Kier molecular flexibility index (Phi) is 9.77. The molecular weight excluding hydrogens is 903 g/mol. The van der Waals surface area contributed by atoms with Gasteiger partial charge in [0.25, 0.3) is 0 Å². The largest absolute Gasteiger partial charge is 0.311 e. The average Bonchev–Trinajstić information content (AvgIpc) is 4.22. The smallest absolute Gasteiger partial charge is 0.0720 e. The Balaban J connectivity index is 0.919. The summed E-state index contributed by atoms with van der Waals surface area (Å²) in [6.45, 7) is 0. The summed E-state index contributed by atoms with van der Waals surface area (Å²) in [7, 11) is 0. The van der Waals surface area contributed by atoms with E-state index in [1.165, 1.54) is 111 Å². The molecule has 2 spiro atoms. The lowest BCUT2D eigenvalue weighted by Crippen LogP contribution is -2.43. The van der Waals surface area contributed by atoms with Crippen LogP contribution in [0.4, 0.5) is 17.1 Å². The van der Waals surface area contributed by atoms with Crippen LogP contribution >= 0.6 is 0 Å². The summed E-state index contributed by atoms with van der Waals surface area (Å²) in [4.78, 5) is 2.38. The molecule has 0 bridgehead atoms. The fraction of sp³-hybridized carbons (Fsp3) is 0.0270. The standard InChI is InChI=1S/C74H49N/c1-4-19-50(20-5-1)53-35-42-57(43-36-53)75(58-44-37-54(38-45-58)51-21-6-2-7-22-51)59-46-39-55(40-47-59)60-28-18-34-70-72(60)63-27-12-15-31-66(63)74(70)68-33-17-16-32-67(68)73(64-29-13-10-25-61(64)62-26-11-14-30-65(62)73)71-49-56(41-48-69(71)74)52-23-8-3-9-24-52/h1-49H. The Labute approximate surface area is 439 Å². The van der Waals surface area contributed by atoms with Crippen molar-refractivity contribution in [2.24, 2.45) is 0 Å². The highest BCUT2D eigenvalue weighted by Crippen LogP contribution is 2.68. The number of nitrogens with zero attached hydrogens (tertiary/aromatic N) is 1. The second-order valence-electron chi connectivity index (χ2n) is 20.2. The minimum atomic E-state index is -0.602. The molecule has 0 amide bonds. The van der Waals surface area contributed by atoms with Crippen molar-refractivity contribution in [3.05, 3.63) is 342 Å². The van der Waals surface area contributed by atoms with Crippen molar-refractivity contribution < 1.29 is 0 Å². The number of hydrogen-bond acceptors (Lipinski definition) is 1. The van der Waals surface area contributed by atoms with Gasteiger partial charge in [0.05, 0.1) is 10.8 Å². The SMILES string of the molecule is c1ccc(-c2ccc(N(c3ccc(-c4ccccc4)cc3)c3ccc(-c4cccc5c4-c4ccccc4C54c5ccccc5C5(c6ccccc6-c6ccccc65)c5cc(-c6ccccc6)ccc54)cc3)cc2)cc1. The van der Waals surface area contributed by atoms with E-state index in [0.29, 0.717) is 0 Å². The summed E-state index contributed by atoms with van der Waals surface area (Å²) in [5.74, 6) is 0. The molecule has 1 unspecified atom stereocenters. The molecule has 1 nitrogen and oxygen atoms in total. The topological polar surface area (TPSA) is 3.24 Å². The lowest BCUT2D eigenvalue weighted by Gasteiger charge is -2.49. The normalized spacial score (nSPS) is 14.8. The second kappa shape index (κ2) is 17.0. The molecule has 3 aliphatic rings. The zero-order chi connectivity index (χ0) is 49.5. The number of hydrogen-bond donors (Lipinski definition) is 0. The third-order valence-corrected chi connectivity index (χ3v) is 16.6. The van der Waals surface area contributed by atoms with Gasteiger partial charge in [0.1, 0.15) is 0 Å². The third kappa shape index (κ3) is 6.32. The molecule has 350 valence electrons. The van der Waals surface area contributed by atoms with Crippen LogP contribution in [0.15, 0.2) is 297 Å². The lowest BCUT2D eigenvalue weighted by atomic mass is 9.52. The van der Waals surface area contributed by atoms with Crippen LogP contribution in [-0.4, -0.2) is 0 Å². The van der Waals surface area contributed by atoms with Gasteiger partial charge in [-0.15, -0.1) is 0 Å². The number of fused-ring (bicyclic) bond motifs is 16. The van der Waals surface area contributed by atoms with Gasteiger partial charge in [-0.3, -0.25) is 0 Å². The Hall–Kier alpha value is -9.56. The minimum Gasteiger partial charge on any atom is -0.311 e. The first-order chi connectivity index (χ1) is 37.2. The van der Waals surface area contributed by atoms with E-state index in [4.69, 9.17) is 0 Å². The van der Waals surface area contributed by atoms with Gasteiger partial charge < -0.3 is 4.90 Å². The summed E-state index contributed by atoms with van der Waals surface area (Å²) in [5.41, 5.74) is 27.6. The maximum Gasteiger partial charge on any atom is 0.0720 e. The van der Waals surface area contributed by atoms with Crippen LogP contribution in [0.2, 0.25) is 0 Å². The Bertz CT molecular complexity index is 4010. The quantitative estimate of drug-likeness (QED) is 0.154. The molecule has 0 N–H and O–H groups in total. The zero-order valence-electron chi connectivity index (χ0n) is 41.2. The van der Waals surface area contributed by atoms with Crippen LogP contribution in [0.3, 0.4) is 0 Å². The predicted octanol–water partition coefficient (Wildman–Crippen LogP) is 18.9. The zero-order valence-corrected chi connectivity index (χ0v) is 41.2. The predicted molar refractivity (Wildman–Crippen MR) is 311 cm³/mol. The number of benzene rings is 12. The van der Waals surface area contributed by atoms with E-state index in [9.17, 15) is 0 Å². The highest BCUT2D eigenvalue weighted by Gasteiger charge is 2.59. The lowest BCUT2D eigenvalue weighted by molar-refractivity contribution is 0.633. The van der Waals surface area contributed by atoms with Crippen LogP contribution in [0, 0.1) is 0 Å². The Morgan fingerprint density at radius 2 is 0.507 bits per heavy atom. The summed E-state index contributed by atoms with van der Waals surface area (Å²) in [6.07, 6.45) is 0. The molecular formula is C74H49N. The van der Waals surface area contributed by atoms with E-state index < -0.39 is 10.8 Å². The first-order valence-corrected chi connectivity index (χ1v) is 26.2. The highest BCUT2D eigenvalue weighted by atomic mass is 15.1. The molecule has 1 heteroatoms. The highest BCUT2D eigenvalue weighted by molar-refractivity contribution is 5.99. The van der Waals surface area contributed by atoms with Crippen molar-refractivity contribution in [1.82, 2.24) is 0 Å². The summed E-state index contributed by atoms with van der Waals surface area (Å²) < 4.78 is 0.